The van der Waals surface area contributed by atoms with Gasteiger partial charge in [-0.05, 0) is 0 Å². The molecule has 30 heavy (non-hydrogen) atoms. The molecule has 0 rings (SSSR count). The predicted molar refractivity (Wildman–Crippen MR) is 145 cm³/mol. The van der Waals surface area contributed by atoms with Gasteiger partial charge in [-0.25, -0.2) is 0 Å². The van der Waals surface area contributed by atoms with Crippen LogP contribution in [0.3, 0.4) is 0 Å². The van der Waals surface area contributed by atoms with E-state index in [4.69, 9.17) is 28.4 Å². The van der Waals surface area contributed by atoms with E-state index in [1.807, 2.05) is 21.6 Å². The van der Waals surface area contributed by atoms with Gasteiger partial charge in [-0.15, -0.1) is 0 Å². The van der Waals surface area contributed by atoms with Crippen molar-refractivity contribution in [2.45, 2.75) is 0 Å². The molecule has 0 aliphatic rings. The Morgan fingerprint density at radius 2 is 0.567 bits per heavy atom. The number of thiol groups is 4. The maximum atomic E-state index is 5.42. The highest BCUT2D eigenvalue weighted by molar-refractivity contribution is 8.76. The van der Waals surface area contributed by atoms with Crippen LogP contribution in [0.25, 0.3) is 0 Å². The van der Waals surface area contributed by atoms with E-state index in [2.05, 4.69) is 50.5 Å². The smallest absolute Gasteiger partial charge is 0.0700 e. The van der Waals surface area contributed by atoms with Crippen LogP contribution in [0, 0.1) is 0 Å². The average molecular weight is 545 g/mol. The molecule has 0 bridgehead atoms. The second kappa shape index (κ2) is 35.4. The van der Waals surface area contributed by atoms with Gasteiger partial charge in [-0.1, -0.05) is 21.6 Å². The molecule has 0 saturated carbocycles. The zero-order valence-electron chi connectivity index (χ0n) is 17.8. The molecular weight excluding hydrogens is 505 g/mol. The predicted octanol–water partition coefficient (Wildman–Crippen LogP) is 3.17. The third-order valence-electron chi connectivity index (χ3n) is 2.76. The summed E-state index contributed by atoms with van der Waals surface area (Å²) < 4.78 is 31.5. The van der Waals surface area contributed by atoms with Crippen LogP contribution in [0.1, 0.15) is 0 Å². The Morgan fingerprint density at radius 1 is 0.333 bits per heavy atom. The van der Waals surface area contributed by atoms with E-state index in [0.717, 1.165) is 47.7 Å². The third-order valence-corrected chi connectivity index (χ3v) is 5.83. The van der Waals surface area contributed by atoms with Crippen molar-refractivity contribution >= 4 is 72.1 Å². The summed E-state index contributed by atoms with van der Waals surface area (Å²) in [6, 6.07) is 0. The first-order chi connectivity index (χ1) is 14.8. The molecule has 0 unspecified atom stereocenters. The molecule has 12 heteroatoms. The average Bonchev–Trinajstić information content (AvgIpc) is 2.76. The van der Waals surface area contributed by atoms with Crippen LogP contribution in [-0.2, 0) is 28.4 Å². The Morgan fingerprint density at radius 3 is 0.800 bits per heavy atom. The molecule has 0 aliphatic heterocycles. The SMILES string of the molecule is SCCOCCOCCS.SCCOCCOCCSSCCOCCOCCS. The number of hydrogen-bond acceptors (Lipinski definition) is 12. The van der Waals surface area contributed by atoms with Crippen molar-refractivity contribution in [1.29, 1.82) is 0 Å². The molecule has 184 valence electrons. The standard InChI is InChI=1S/C12H26O4S4.C6H14O2S2/c17-9-5-13-1-3-15-7-11-19-20-12-8-16-4-2-14-6-10-18;9-5-3-7-1-2-8-4-6-10/h17-18H,1-12H2;9-10H,1-6H2. The zero-order valence-corrected chi connectivity index (χ0v) is 23.0. The second-order valence-corrected chi connectivity index (χ2v) is 9.70. The molecule has 0 aromatic heterocycles. The van der Waals surface area contributed by atoms with Gasteiger partial charge in [0.2, 0.25) is 0 Å². The van der Waals surface area contributed by atoms with Crippen molar-refractivity contribution in [2.24, 2.45) is 0 Å². The van der Waals surface area contributed by atoms with Gasteiger partial charge in [0.25, 0.3) is 0 Å². The van der Waals surface area contributed by atoms with Crippen molar-refractivity contribution < 1.29 is 28.4 Å². The van der Waals surface area contributed by atoms with Gasteiger partial charge < -0.3 is 28.4 Å². The lowest BCUT2D eigenvalue weighted by Crippen LogP contribution is -2.08. The van der Waals surface area contributed by atoms with E-state index in [0.29, 0.717) is 66.1 Å². The molecule has 6 nitrogen and oxygen atoms in total. The van der Waals surface area contributed by atoms with Crippen molar-refractivity contribution in [3.8, 4) is 0 Å². The number of hydrogen-bond donors (Lipinski definition) is 4. The van der Waals surface area contributed by atoms with Crippen molar-refractivity contribution in [3.63, 3.8) is 0 Å². The largest absolute Gasteiger partial charge is 0.378 e. The summed E-state index contributed by atoms with van der Waals surface area (Å²) in [5.41, 5.74) is 0. The topological polar surface area (TPSA) is 55.4 Å². The molecule has 0 spiro atoms. The summed E-state index contributed by atoms with van der Waals surface area (Å²) >= 11 is 16.1. The molecule has 0 radical (unpaired) electrons. The van der Waals surface area contributed by atoms with E-state index in [-0.39, 0.29) is 0 Å². The van der Waals surface area contributed by atoms with Gasteiger partial charge in [0.05, 0.1) is 79.3 Å². The summed E-state index contributed by atoms with van der Waals surface area (Å²) in [6.45, 7) is 8.27. The first-order valence-electron chi connectivity index (χ1n) is 9.97. The molecule has 0 atom stereocenters. The summed E-state index contributed by atoms with van der Waals surface area (Å²) in [4.78, 5) is 0. The van der Waals surface area contributed by atoms with Crippen LogP contribution >= 0.6 is 72.1 Å². The molecule has 0 amide bonds. The fourth-order valence-electron chi connectivity index (χ4n) is 1.53. The molecule has 0 saturated heterocycles. The summed E-state index contributed by atoms with van der Waals surface area (Å²) in [5.74, 6) is 5.04. The van der Waals surface area contributed by atoms with Gasteiger partial charge in [0.15, 0.2) is 0 Å². The van der Waals surface area contributed by atoms with Crippen LogP contribution in [-0.4, -0.2) is 114 Å². The molecule has 0 heterocycles. The van der Waals surface area contributed by atoms with Crippen molar-refractivity contribution in [3.05, 3.63) is 0 Å². The Bertz CT molecular complexity index is 260. The van der Waals surface area contributed by atoms with Gasteiger partial charge in [-0.3, -0.25) is 0 Å². The Labute approximate surface area is 213 Å². The molecular formula is C18H40O6S6. The van der Waals surface area contributed by atoms with Crippen LogP contribution in [0.2, 0.25) is 0 Å². The summed E-state index contributed by atoms with van der Waals surface area (Å²) in [5, 5.41) is 0. The van der Waals surface area contributed by atoms with Gasteiger partial charge in [-0.2, -0.15) is 50.5 Å². The van der Waals surface area contributed by atoms with E-state index >= 15 is 0 Å². The van der Waals surface area contributed by atoms with Gasteiger partial charge >= 0.3 is 0 Å². The Balaban J connectivity index is 0. The maximum Gasteiger partial charge on any atom is 0.0700 e. The minimum atomic E-state index is 0.654. The normalized spacial score (nSPS) is 10.8. The first kappa shape index (κ1) is 34.0. The van der Waals surface area contributed by atoms with Crippen LogP contribution in [0.5, 0.6) is 0 Å². The lowest BCUT2D eigenvalue weighted by atomic mass is 10.7. The first-order valence-corrected chi connectivity index (χ1v) is 15.0. The monoisotopic (exact) mass is 544 g/mol. The highest BCUT2D eigenvalue weighted by Gasteiger charge is 1.94. The lowest BCUT2D eigenvalue weighted by Gasteiger charge is -2.05. The maximum absolute atomic E-state index is 5.42. The van der Waals surface area contributed by atoms with E-state index < -0.39 is 0 Å². The molecule has 0 aromatic carbocycles. The van der Waals surface area contributed by atoms with Gasteiger partial charge in [0.1, 0.15) is 0 Å². The van der Waals surface area contributed by atoms with E-state index in [1.165, 1.54) is 0 Å². The minimum Gasteiger partial charge on any atom is -0.378 e. The molecule has 0 aromatic rings. The minimum absolute atomic E-state index is 0.654. The van der Waals surface area contributed by atoms with Crippen molar-refractivity contribution in [2.75, 3.05) is 114 Å². The number of rotatable bonds is 24. The van der Waals surface area contributed by atoms with Crippen LogP contribution < -0.4 is 0 Å². The van der Waals surface area contributed by atoms with Crippen LogP contribution in [0.15, 0.2) is 0 Å². The highest BCUT2D eigenvalue weighted by Crippen LogP contribution is 2.20. The number of ether oxygens (including phenoxy) is 6. The second-order valence-electron chi connectivity index (χ2n) is 5.21. The van der Waals surface area contributed by atoms with E-state index in [9.17, 15) is 0 Å². The molecule has 0 aliphatic carbocycles. The zero-order chi connectivity index (χ0) is 22.4. The Kier molecular flexibility index (Phi) is 40.2. The van der Waals surface area contributed by atoms with Gasteiger partial charge in [0, 0.05) is 34.5 Å². The summed E-state index contributed by atoms with van der Waals surface area (Å²) in [6.07, 6.45) is 0. The van der Waals surface area contributed by atoms with Crippen molar-refractivity contribution in [1.82, 2.24) is 0 Å². The highest BCUT2D eigenvalue weighted by atomic mass is 33.1. The quantitative estimate of drug-likeness (QED) is 0.0840. The fourth-order valence-corrected chi connectivity index (χ4v) is 3.77. The van der Waals surface area contributed by atoms with E-state index in [1.54, 1.807) is 0 Å². The lowest BCUT2D eigenvalue weighted by molar-refractivity contribution is 0.0604. The molecule has 0 N–H and O–H groups in total. The third kappa shape index (κ3) is 37.2. The fraction of sp³-hybridized carbons (Fsp3) is 1.00. The Hall–Kier alpha value is 1.86. The molecule has 0 fully saturated rings. The van der Waals surface area contributed by atoms with Crippen LogP contribution in [0.4, 0.5) is 0 Å². The summed E-state index contributed by atoms with van der Waals surface area (Å²) in [7, 11) is 3.62.